The molecule has 0 bridgehead atoms. The number of ether oxygens (including phenoxy) is 2. The Morgan fingerprint density at radius 1 is 1.45 bits per heavy atom. The average molecular weight is 327 g/mol. The number of nitrogens with zero attached hydrogens (tertiary/aromatic N) is 4. The van der Waals surface area contributed by atoms with E-state index in [1.807, 2.05) is 0 Å². The molecular weight excluding hydrogens is 308 g/mol. The Labute approximate surface area is 132 Å². The van der Waals surface area contributed by atoms with Gasteiger partial charge in [-0.15, -0.1) is 0 Å². The van der Waals surface area contributed by atoms with Crippen LogP contribution in [0.1, 0.15) is 19.3 Å². The summed E-state index contributed by atoms with van der Waals surface area (Å²) >= 11 is 5.94. The van der Waals surface area contributed by atoms with Crippen molar-refractivity contribution in [1.82, 2.24) is 19.1 Å². The zero-order chi connectivity index (χ0) is 15.7. The number of aryl methyl sites for hydroxylation is 1. The minimum atomic E-state index is -0.359. The summed E-state index contributed by atoms with van der Waals surface area (Å²) in [6.45, 7) is 1.80. The van der Waals surface area contributed by atoms with E-state index in [0.717, 1.165) is 19.3 Å². The van der Waals surface area contributed by atoms with Crippen molar-refractivity contribution >= 4 is 22.8 Å². The molecule has 7 nitrogen and oxygen atoms in total. The molecule has 0 unspecified atom stereocenters. The zero-order valence-electron chi connectivity index (χ0n) is 12.7. The molecule has 1 fully saturated rings. The topological polar surface area (TPSA) is 71.2 Å². The van der Waals surface area contributed by atoms with Crippen LogP contribution in [-0.2, 0) is 22.1 Å². The number of methoxy groups -OCH3 is 1. The molecule has 1 aliphatic heterocycles. The van der Waals surface area contributed by atoms with Gasteiger partial charge in [0.15, 0.2) is 5.65 Å². The third-order valence-electron chi connectivity index (χ3n) is 4.44. The highest BCUT2D eigenvalue weighted by Crippen LogP contribution is 2.34. The Balaban J connectivity index is 2.23. The Morgan fingerprint density at radius 3 is 2.86 bits per heavy atom. The fourth-order valence-electron chi connectivity index (χ4n) is 3.15. The highest BCUT2D eigenvalue weighted by molar-refractivity contribution is 6.28. The van der Waals surface area contributed by atoms with Crippen LogP contribution in [0.15, 0.2) is 11.0 Å². The van der Waals surface area contributed by atoms with Crippen LogP contribution in [0.4, 0.5) is 0 Å². The first-order chi connectivity index (χ1) is 10.6. The van der Waals surface area contributed by atoms with Crippen molar-refractivity contribution in [3.63, 3.8) is 0 Å². The summed E-state index contributed by atoms with van der Waals surface area (Å²) in [6.07, 6.45) is 3.81. The average Bonchev–Trinajstić information content (AvgIpc) is 2.77. The molecule has 0 amide bonds. The van der Waals surface area contributed by atoms with Gasteiger partial charge in [-0.1, -0.05) is 0 Å². The molecular formula is C14H19ClN4O3. The Morgan fingerprint density at radius 2 is 2.18 bits per heavy atom. The quantitative estimate of drug-likeness (QED) is 0.793. The lowest BCUT2D eigenvalue weighted by Crippen LogP contribution is -2.46. The van der Waals surface area contributed by atoms with Gasteiger partial charge in [-0.05, 0) is 30.9 Å². The Kier molecular flexibility index (Phi) is 4.20. The van der Waals surface area contributed by atoms with Crippen molar-refractivity contribution in [1.29, 1.82) is 0 Å². The van der Waals surface area contributed by atoms with Crippen molar-refractivity contribution in [2.45, 2.75) is 24.8 Å². The fourth-order valence-corrected chi connectivity index (χ4v) is 3.28. The first-order valence-electron chi connectivity index (χ1n) is 7.26. The lowest BCUT2D eigenvalue weighted by atomic mass is 9.86. The van der Waals surface area contributed by atoms with Crippen LogP contribution in [0.3, 0.4) is 0 Å². The predicted molar refractivity (Wildman–Crippen MR) is 82.3 cm³/mol. The number of hydrogen-bond acceptors (Lipinski definition) is 5. The van der Waals surface area contributed by atoms with E-state index in [2.05, 4.69) is 9.97 Å². The summed E-state index contributed by atoms with van der Waals surface area (Å²) in [6, 6.07) is 0. The first kappa shape index (κ1) is 15.5. The van der Waals surface area contributed by atoms with Gasteiger partial charge < -0.3 is 9.47 Å². The van der Waals surface area contributed by atoms with Gasteiger partial charge in [0.1, 0.15) is 5.52 Å². The van der Waals surface area contributed by atoms with Gasteiger partial charge in [0, 0.05) is 34.0 Å². The van der Waals surface area contributed by atoms with Crippen molar-refractivity contribution in [3.05, 3.63) is 22.0 Å². The second kappa shape index (κ2) is 5.98. The molecule has 0 aliphatic carbocycles. The number of aromatic nitrogens is 4. The van der Waals surface area contributed by atoms with Crippen LogP contribution >= 0.6 is 11.6 Å². The summed E-state index contributed by atoms with van der Waals surface area (Å²) in [5, 5.41) is 0.140. The van der Waals surface area contributed by atoms with E-state index in [1.165, 1.54) is 0 Å². The smallest absolute Gasteiger partial charge is 0.330 e. The third kappa shape index (κ3) is 2.43. The van der Waals surface area contributed by atoms with Crippen molar-refractivity contribution in [2.24, 2.45) is 7.05 Å². The molecule has 8 heteroatoms. The molecule has 0 spiro atoms. The summed E-state index contributed by atoms with van der Waals surface area (Å²) in [5.74, 6) is 0. The van der Waals surface area contributed by atoms with Gasteiger partial charge in [0.2, 0.25) is 5.28 Å². The summed E-state index contributed by atoms with van der Waals surface area (Å²) in [4.78, 5) is 21.1. The largest absolute Gasteiger partial charge is 0.385 e. The van der Waals surface area contributed by atoms with Crippen LogP contribution in [0.2, 0.25) is 5.28 Å². The van der Waals surface area contributed by atoms with Crippen molar-refractivity contribution in [2.75, 3.05) is 26.9 Å². The lowest BCUT2D eigenvalue weighted by molar-refractivity contribution is 0.00496. The van der Waals surface area contributed by atoms with Gasteiger partial charge in [-0.25, -0.2) is 9.78 Å². The maximum absolute atomic E-state index is 12.8. The summed E-state index contributed by atoms with van der Waals surface area (Å²) in [5.41, 5.74) is 0.787. The predicted octanol–water partition coefficient (Wildman–Crippen LogP) is 1.33. The minimum Gasteiger partial charge on any atom is -0.385 e. The van der Waals surface area contributed by atoms with Crippen LogP contribution in [0.5, 0.6) is 0 Å². The second-order valence-corrected chi connectivity index (χ2v) is 5.94. The Hall–Kier alpha value is -1.44. The number of rotatable bonds is 4. The minimum absolute atomic E-state index is 0.107. The number of fused-ring (bicyclic) bond motifs is 1. The highest BCUT2D eigenvalue weighted by Gasteiger charge is 2.38. The van der Waals surface area contributed by atoms with Gasteiger partial charge in [-0.3, -0.25) is 9.13 Å². The molecule has 2 aromatic rings. The monoisotopic (exact) mass is 326 g/mol. The van der Waals surface area contributed by atoms with Crippen LogP contribution in [-0.4, -0.2) is 46.0 Å². The van der Waals surface area contributed by atoms with Gasteiger partial charge in [-0.2, -0.15) is 4.98 Å². The molecule has 0 radical (unpaired) electrons. The molecule has 0 aromatic carbocycles. The van der Waals surface area contributed by atoms with Crippen LogP contribution in [0.25, 0.3) is 11.2 Å². The fraction of sp³-hybridized carbons (Fsp3) is 0.643. The van der Waals surface area contributed by atoms with E-state index < -0.39 is 0 Å². The van der Waals surface area contributed by atoms with E-state index in [1.54, 1.807) is 29.5 Å². The van der Waals surface area contributed by atoms with Crippen LogP contribution in [0, 0.1) is 0 Å². The maximum atomic E-state index is 12.8. The van der Waals surface area contributed by atoms with E-state index in [9.17, 15) is 4.79 Å². The van der Waals surface area contributed by atoms with Gasteiger partial charge in [0.25, 0.3) is 0 Å². The molecule has 1 aliphatic rings. The maximum Gasteiger partial charge on any atom is 0.330 e. The molecule has 0 N–H and O–H groups in total. The van der Waals surface area contributed by atoms with Crippen LogP contribution < -0.4 is 5.69 Å². The first-order valence-corrected chi connectivity index (χ1v) is 7.64. The molecule has 0 atom stereocenters. The summed E-state index contributed by atoms with van der Waals surface area (Å²) < 4.78 is 14.1. The molecule has 120 valence electrons. The van der Waals surface area contributed by atoms with E-state index >= 15 is 0 Å². The molecule has 1 saturated heterocycles. The van der Waals surface area contributed by atoms with Gasteiger partial charge >= 0.3 is 5.69 Å². The SMILES string of the molecule is COCCC1(n2c(=O)n(C)c3cnc(Cl)nc32)CCOCC1. The summed E-state index contributed by atoms with van der Waals surface area (Å²) in [7, 11) is 3.39. The lowest BCUT2D eigenvalue weighted by Gasteiger charge is -2.38. The van der Waals surface area contributed by atoms with E-state index in [4.69, 9.17) is 21.1 Å². The normalized spacial score (nSPS) is 18.0. The molecule has 3 heterocycles. The molecule has 22 heavy (non-hydrogen) atoms. The number of imidazole rings is 1. The molecule has 3 rings (SSSR count). The number of halogens is 1. The zero-order valence-corrected chi connectivity index (χ0v) is 13.5. The second-order valence-electron chi connectivity index (χ2n) is 5.60. The van der Waals surface area contributed by atoms with Gasteiger partial charge in [0.05, 0.1) is 11.7 Å². The van der Waals surface area contributed by atoms with E-state index in [-0.39, 0.29) is 16.5 Å². The molecule has 0 saturated carbocycles. The molecule has 2 aromatic heterocycles. The van der Waals surface area contributed by atoms with E-state index in [0.29, 0.717) is 31.0 Å². The standard InChI is InChI=1S/C14H19ClN4O3/c1-18-10-9-16-12(15)17-11(10)19(13(18)20)14(3-6-21-2)4-7-22-8-5-14/h9H,3-8H2,1-2H3. The van der Waals surface area contributed by atoms with Crippen molar-refractivity contribution in [3.8, 4) is 0 Å². The Bertz CT molecular complexity index is 733. The number of hydrogen-bond donors (Lipinski definition) is 0. The third-order valence-corrected chi connectivity index (χ3v) is 4.62. The highest BCUT2D eigenvalue weighted by atomic mass is 35.5. The van der Waals surface area contributed by atoms with Crippen molar-refractivity contribution < 1.29 is 9.47 Å².